The van der Waals surface area contributed by atoms with Gasteiger partial charge < -0.3 is 4.90 Å². The third kappa shape index (κ3) is 2.52. The fraction of sp³-hybridized carbons (Fsp3) is 0.292. The number of anilines is 1. The minimum absolute atomic E-state index is 0.298. The SMILES string of the molecule is O=C1CCc2c1ccc(N1CCCCC1)c2-c1ccc2ccccc2c1. The summed E-state index contributed by atoms with van der Waals surface area (Å²) < 4.78 is 0. The number of benzene rings is 3. The van der Waals surface area contributed by atoms with E-state index in [1.807, 2.05) is 0 Å². The highest BCUT2D eigenvalue weighted by Gasteiger charge is 2.27. The zero-order valence-corrected chi connectivity index (χ0v) is 15.0. The van der Waals surface area contributed by atoms with Crippen LogP contribution >= 0.6 is 0 Å². The number of carbonyl (C=O) groups excluding carboxylic acids is 1. The van der Waals surface area contributed by atoms with E-state index in [2.05, 4.69) is 59.5 Å². The average molecular weight is 341 g/mol. The van der Waals surface area contributed by atoms with Crippen LogP contribution in [0, 0.1) is 0 Å². The molecule has 0 unspecified atom stereocenters. The van der Waals surface area contributed by atoms with Crippen LogP contribution in [0.4, 0.5) is 5.69 Å². The lowest BCUT2D eigenvalue weighted by Crippen LogP contribution is -2.30. The summed E-state index contributed by atoms with van der Waals surface area (Å²) in [6.45, 7) is 2.24. The summed E-state index contributed by atoms with van der Waals surface area (Å²) in [6.07, 6.45) is 5.36. The van der Waals surface area contributed by atoms with Gasteiger partial charge in [0.25, 0.3) is 0 Å². The quantitative estimate of drug-likeness (QED) is 0.602. The van der Waals surface area contributed by atoms with Crippen LogP contribution in [0.25, 0.3) is 21.9 Å². The van der Waals surface area contributed by atoms with E-state index in [1.54, 1.807) is 0 Å². The summed E-state index contributed by atoms with van der Waals surface area (Å²) in [5.74, 6) is 0.298. The maximum Gasteiger partial charge on any atom is 0.163 e. The van der Waals surface area contributed by atoms with Gasteiger partial charge in [-0.2, -0.15) is 0 Å². The predicted molar refractivity (Wildman–Crippen MR) is 108 cm³/mol. The maximum atomic E-state index is 12.3. The highest BCUT2D eigenvalue weighted by molar-refractivity contribution is 6.04. The van der Waals surface area contributed by atoms with Crippen LogP contribution in [0.3, 0.4) is 0 Å². The molecule has 2 heteroatoms. The van der Waals surface area contributed by atoms with Crippen molar-refractivity contribution in [1.29, 1.82) is 0 Å². The van der Waals surface area contributed by atoms with E-state index in [9.17, 15) is 4.79 Å². The summed E-state index contributed by atoms with van der Waals surface area (Å²) in [6, 6.07) is 19.5. The minimum atomic E-state index is 0.298. The molecule has 5 rings (SSSR count). The number of Topliss-reactive ketones (excluding diaryl/α,β-unsaturated/α-hetero) is 1. The van der Waals surface area contributed by atoms with Crippen molar-refractivity contribution in [1.82, 2.24) is 0 Å². The molecule has 0 amide bonds. The standard InChI is InChI=1S/C24H23NO/c26-23-13-11-21-20(23)10-12-22(25-14-4-1-5-15-25)24(21)19-9-8-17-6-2-3-7-18(17)16-19/h2-3,6-10,12,16H,1,4-5,11,13-15H2. The van der Waals surface area contributed by atoms with Crippen LogP contribution in [0.1, 0.15) is 41.6 Å². The van der Waals surface area contributed by atoms with Gasteiger partial charge in [-0.05, 0) is 65.8 Å². The average Bonchev–Trinajstić information content (AvgIpc) is 3.08. The minimum Gasteiger partial charge on any atom is -0.371 e. The Balaban J connectivity index is 1.73. The number of nitrogens with zero attached hydrogens (tertiary/aromatic N) is 1. The first kappa shape index (κ1) is 15.6. The van der Waals surface area contributed by atoms with Gasteiger partial charge in [0, 0.05) is 36.3 Å². The first-order valence-electron chi connectivity index (χ1n) is 9.74. The number of hydrogen-bond acceptors (Lipinski definition) is 2. The second-order valence-corrected chi connectivity index (χ2v) is 7.52. The second kappa shape index (κ2) is 6.28. The molecule has 0 radical (unpaired) electrons. The molecule has 3 aromatic carbocycles. The molecule has 3 aromatic rings. The van der Waals surface area contributed by atoms with E-state index in [0.717, 1.165) is 25.1 Å². The molecule has 26 heavy (non-hydrogen) atoms. The fourth-order valence-electron chi connectivity index (χ4n) is 4.59. The monoisotopic (exact) mass is 341 g/mol. The van der Waals surface area contributed by atoms with E-state index in [0.29, 0.717) is 12.2 Å². The molecular formula is C24H23NO. The van der Waals surface area contributed by atoms with Crippen molar-refractivity contribution in [3.05, 3.63) is 65.7 Å². The van der Waals surface area contributed by atoms with Crippen LogP contribution in [0.2, 0.25) is 0 Å². The number of hydrogen-bond donors (Lipinski definition) is 0. The van der Waals surface area contributed by atoms with E-state index in [4.69, 9.17) is 0 Å². The molecule has 0 N–H and O–H groups in total. The predicted octanol–water partition coefficient (Wildman–Crippen LogP) is 5.63. The van der Waals surface area contributed by atoms with Crippen molar-refractivity contribution >= 4 is 22.2 Å². The lowest BCUT2D eigenvalue weighted by Gasteiger charge is -2.31. The Morgan fingerprint density at radius 1 is 0.769 bits per heavy atom. The van der Waals surface area contributed by atoms with E-state index >= 15 is 0 Å². The van der Waals surface area contributed by atoms with E-state index in [1.165, 1.54) is 52.4 Å². The van der Waals surface area contributed by atoms with Crippen molar-refractivity contribution < 1.29 is 4.79 Å². The van der Waals surface area contributed by atoms with Gasteiger partial charge in [-0.15, -0.1) is 0 Å². The molecule has 0 spiro atoms. The molecule has 2 nitrogen and oxygen atoms in total. The molecule has 1 heterocycles. The lowest BCUT2D eigenvalue weighted by atomic mass is 9.92. The Hall–Kier alpha value is -2.61. The van der Waals surface area contributed by atoms with Gasteiger partial charge in [0.1, 0.15) is 0 Å². The van der Waals surface area contributed by atoms with E-state index in [-0.39, 0.29) is 0 Å². The third-order valence-corrected chi connectivity index (χ3v) is 5.93. The summed E-state index contributed by atoms with van der Waals surface area (Å²) in [5.41, 5.74) is 6.05. The summed E-state index contributed by atoms with van der Waals surface area (Å²) in [4.78, 5) is 14.9. The normalized spacial score (nSPS) is 16.9. The smallest absolute Gasteiger partial charge is 0.163 e. The van der Waals surface area contributed by atoms with E-state index < -0.39 is 0 Å². The van der Waals surface area contributed by atoms with Crippen molar-refractivity contribution in [2.24, 2.45) is 0 Å². The van der Waals surface area contributed by atoms with Gasteiger partial charge >= 0.3 is 0 Å². The van der Waals surface area contributed by atoms with Gasteiger partial charge in [-0.25, -0.2) is 0 Å². The number of ketones is 1. The largest absolute Gasteiger partial charge is 0.371 e. The van der Waals surface area contributed by atoms with Gasteiger partial charge in [0.15, 0.2) is 5.78 Å². The number of piperidine rings is 1. The molecule has 1 fully saturated rings. The Labute approximate surface area is 154 Å². The molecule has 0 atom stereocenters. The Morgan fingerprint density at radius 2 is 1.58 bits per heavy atom. The number of rotatable bonds is 2. The van der Waals surface area contributed by atoms with Crippen LogP contribution in [-0.4, -0.2) is 18.9 Å². The van der Waals surface area contributed by atoms with Crippen LogP contribution in [-0.2, 0) is 6.42 Å². The summed E-state index contributed by atoms with van der Waals surface area (Å²) in [7, 11) is 0. The van der Waals surface area contributed by atoms with Crippen molar-refractivity contribution in [2.45, 2.75) is 32.1 Å². The van der Waals surface area contributed by atoms with Crippen LogP contribution in [0.5, 0.6) is 0 Å². The summed E-state index contributed by atoms with van der Waals surface area (Å²) >= 11 is 0. The summed E-state index contributed by atoms with van der Waals surface area (Å²) in [5, 5.41) is 2.52. The molecule has 1 aliphatic carbocycles. The van der Waals surface area contributed by atoms with Gasteiger partial charge in [0.2, 0.25) is 0 Å². The van der Waals surface area contributed by atoms with Crippen LogP contribution < -0.4 is 4.90 Å². The first-order valence-corrected chi connectivity index (χ1v) is 9.74. The lowest BCUT2D eigenvalue weighted by molar-refractivity contribution is 0.0994. The molecule has 0 saturated carbocycles. The van der Waals surface area contributed by atoms with Gasteiger partial charge in [0.05, 0.1) is 0 Å². The zero-order chi connectivity index (χ0) is 17.5. The zero-order valence-electron chi connectivity index (χ0n) is 15.0. The topological polar surface area (TPSA) is 20.3 Å². The highest BCUT2D eigenvalue weighted by Crippen LogP contribution is 2.41. The highest BCUT2D eigenvalue weighted by atomic mass is 16.1. The van der Waals surface area contributed by atoms with Crippen molar-refractivity contribution in [2.75, 3.05) is 18.0 Å². The molecule has 1 aliphatic heterocycles. The molecule has 2 aliphatic rings. The number of carbonyl (C=O) groups is 1. The van der Waals surface area contributed by atoms with Gasteiger partial charge in [-0.3, -0.25) is 4.79 Å². The maximum absolute atomic E-state index is 12.3. The second-order valence-electron chi connectivity index (χ2n) is 7.52. The van der Waals surface area contributed by atoms with Gasteiger partial charge in [-0.1, -0.05) is 36.4 Å². The molecule has 130 valence electrons. The van der Waals surface area contributed by atoms with Crippen molar-refractivity contribution in [3.8, 4) is 11.1 Å². The third-order valence-electron chi connectivity index (χ3n) is 5.93. The molecule has 1 saturated heterocycles. The Kier molecular flexibility index (Phi) is 3.77. The fourth-order valence-corrected chi connectivity index (χ4v) is 4.59. The Morgan fingerprint density at radius 3 is 2.42 bits per heavy atom. The molecular weight excluding hydrogens is 318 g/mol. The number of fused-ring (bicyclic) bond motifs is 2. The Bertz CT molecular complexity index is 998. The van der Waals surface area contributed by atoms with Crippen LogP contribution in [0.15, 0.2) is 54.6 Å². The van der Waals surface area contributed by atoms with Crippen molar-refractivity contribution in [3.63, 3.8) is 0 Å². The molecule has 0 bridgehead atoms. The molecule has 0 aromatic heterocycles. The first-order chi connectivity index (χ1) is 12.8.